The van der Waals surface area contributed by atoms with Crippen molar-refractivity contribution in [2.45, 2.75) is 45.4 Å². The number of amides is 1. The molecule has 140 valence electrons. The standard InChI is InChI=1S/C17H23N5O3S/c1-11(8-15(24)25-3)4-5-12(2)16-21-22-17(26-16)20-14(23)9-13-6-7-18-10-19-13/h6-7,10-12H,4-5,8-9H2,1-3H3,(H,20,22,23). The number of hydrogen-bond donors (Lipinski definition) is 1. The molecule has 0 bridgehead atoms. The Balaban J connectivity index is 1.80. The molecule has 9 heteroatoms. The minimum absolute atomic E-state index is 0.165. The maximum absolute atomic E-state index is 12.0. The molecule has 0 aliphatic carbocycles. The smallest absolute Gasteiger partial charge is 0.305 e. The van der Waals surface area contributed by atoms with Crippen LogP contribution in [0.5, 0.6) is 0 Å². The third kappa shape index (κ3) is 6.47. The zero-order valence-electron chi connectivity index (χ0n) is 15.1. The van der Waals surface area contributed by atoms with Crippen molar-refractivity contribution >= 4 is 28.3 Å². The molecule has 0 saturated heterocycles. The lowest BCUT2D eigenvalue weighted by Gasteiger charge is -2.12. The SMILES string of the molecule is COC(=O)CC(C)CCC(C)c1nnc(NC(=O)Cc2ccncn2)s1. The van der Waals surface area contributed by atoms with Crippen LogP contribution in [-0.4, -0.2) is 39.2 Å². The average Bonchev–Trinajstić information content (AvgIpc) is 3.08. The van der Waals surface area contributed by atoms with Gasteiger partial charge in [-0.15, -0.1) is 10.2 Å². The van der Waals surface area contributed by atoms with Crippen LogP contribution < -0.4 is 5.32 Å². The second-order valence-electron chi connectivity index (χ2n) is 6.23. The summed E-state index contributed by atoms with van der Waals surface area (Å²) < 4.78 is 4.69. The fraction of sp³-hybridized carbons (Fsp3) is 0.529. The van der Waals surface area contributed by atoms with E-state index in [9.17, 15) is 9.59 Å². The Labute approximate surface area is 156 Å². The van der Waals surface area contributed by atoms with Gasteiger partial charge in [0.05, 0.1) is 19.2 Å². The van der Waals surface area contributed by atoms with Crippen LogP contribution in [-0.2, 0) is 20.7 Å². The number of rotatable bonds is 9. The lowest BCUT2D eigenvalue weighted by Crippen LogP contribution is -2.15. The van der Waals surface area contributed by atoms with E-state index in [2.05, 4.69) is 37.1 Å². The van der Waals surface area contributed by atoms with Crippen molar-refractivity contribution in [3.63, 3.8) is 0 Å². The van der Waals surface area contributed by atoms with Gasteiger partial charge >= 0.3 is 5.97 Å². The van der Waals surface area contributed by atoms with Crippen LogP contribution in [0.15, 0.2) is 18.6 Å². The van der Waals surface area contributed by atoms with E-state index in [1.165, 1.54) is 24.8 Å². The van der Waals surface area contributed by atoms with E-state index >= 15 is 0 Å². The molecule has 0 aromatic carbocycles. The van der Waals surface area contributed by atoms with Gasteiger partial charge in [0.1, 0.15) is 11.3 Å². The molecule has 2 aromatic rings. The maximum Gasteiger partial charge on any atom is 0.305 e. The Hall–Kier alpha value is -2.42. The predicted octanol–water partition coefficient (Wildman–Crippen LogP) is 2.59. The second kappa shape index (κ2) is 9.91. The minimum Gasteiger partial charge on any atom is -0.469 e. The fourth-order valence-corrected chi connectivity index (χ4v) is 3.21. The third-order valence-corrected chi connectivity index (χ3v) is 5.00. The highest BCUT2D eigenvalue weighted by Crippen LogP contribution is 2.28. The molecular weight excluding hydrogens is 354 g/mol. The number of hydrogen-bond acceptors (Lipinski definition) is 8. The van der Waals surface area contributed by atoms with Crippen LogP contribution in [0.25, 0.3) is 0 Å². The van der Waals surface area contributed by atoms with Gasteiger partial charge in [-0.3, -0.25) is 9.59 Å². The van der Waals surface area contributed by atoms with E-state index in [4.69, 9.17) is 0 Å². The summed E-state index contributed by atoms with van der Waals surface area (Å²) in [5.41, 5.74) is 0.648. The van der Waals surface area contributed by atoms with Crippen molar-refractivity contribution in [2.75, 3.05) is 12.4 Å². The predicted molar refractivity (Wildman–Crippen MR) is 97.7 cm³/mol. The summed E-state index contributed by atoms with van der Waals surface area (Å²) in [4.78, 5) is 31.2. The zero-order chi connectivity index (χ0) is 18.9. The molecular formula is C17H23N5O3S. The minimum atomic E-state index is -0.189. The van der Waals surface area contributed by atoms with E-state index < -0.39 is 0 Å². The Morgan fingerprint density at radius 1 is 1.27 bits per heavy atom. The molecule has 8 nitrogen and oxygen atoms in total. The number of carbonyl (C=O) groups excluding carboxylic acids is 2. The molecule has 2 heterocycles. The first kappa shape index (κ1) is 19.9. The number of aromatic nitrogens is 4. The quantitative estimate of drug-likeness (QED) is 0.669. The van der Waals surface area contributed by atoms with Crippen molar-refractivity contribution in [3.8, 4) is 0 Å². The summed E-state index contributed by atoms with van der Waals surface area (Å²) in [6.45, 7) is 4.10. The van der Waals surface area contributed by atoms with Gasteiger partial charge < -0.3 is 10.1 Å². The lowest BCUT2D eigenvalue weighted by molar-refractivity contribution is -0.141. The van der Waals surface area contributed by atoms with Crippen molar-refractivity contribution in [1.82, 2.24) is 20.2 Å². The van der Waals surface area contributed by atoms with E-state index in [-0.39, 0.29) is 30.1 Å². The average molecular weight is 377 g/mol. The van der Waals surface area contributed by atoms with Gasteiger partial charge in [-0.2, -0.15) is 0 Å². The lowest BCUT2D eigenvalue weighted by atomic mass is 9.96. The second-order valence-corrected chi connectivity index (χ2v) is 7.24. The zero-order valence-corrected chi connectivity index (χ0v) is 16.0. The monoisotopic (exact) mass is 377 g/mol. The van der Waals surface area contributed by atoms with Gasteiger partial charge in [-0.05, 0) is 24.8 Å². The molecule has 2 unspecified atom stereocenters. The molecule has 0 fully saturated rings. The van der Waals surface area contributed by atoms with Crippen molar-refractivity contribution in [1.29, 1.82) is 0 Å². The van der Waals surface area contributed by atoms with Crippen LogP contribution >= 0.6 is 11.3 Å². The number of nitrogens with one attached hydrogen (secondary N) is 1. The topological polar surface area (TPSA) is 107 Å². The number of carbonyl (C=O) groups is 2. The summed E-state index contributed by atoms with van der Waals surface area (Å²) in [6, 6.07) is 1.70. The number of anilines is 1. The molecule has 0 aliphatic heterocycles. The van der Waals surface area contributed by atoms with Gasteiger partial charge in [-0.1, -0.05) is 25.2 Å². The Morgan fingerprint density at radius 2 is 2.08 bits per heavy atom. The van der Waals surface area contributed by atoms with Crippen LogP contribution in [0.3, 0.4) is 0 Å². The molecule has 0 saturated carbocycles. The first-order valence-electron chi connectivity index (χ1n) is 8.43. The molecule has 1 N–H and O–H groups in total. The number of ether oxygens (including phenoxy) is 1. The molecule has 26 heavy (non-hydrogen) atoms. The van der Waals surface area contributed by atoms with Crippen molar-refractivity contribution in [2.24, 2.45) is 5.92 Å². The molecule has 0 aliphatic rings. The number of esters is 1. The first-order chi connectivity index (χ1) is 12.5. The van der Waals surface area contributed by atoms with Gasteiger partial charge in [0.25, 0.3) is 0 Å². The van der Waals surface area contributed by atoms with Crippen LogP contribution in [0.1, 0.15) is 49.7 Å². The van der Waals surface area contributed by atoms with Crippen LogP contribution in [0, 0.1) is 5.92 Å². The third-order valence-electron chi connectivity index (χ3n) is 3.93. The fourth-order valence-electron chi connectivity index (χ4n) is 2.36. The van der Waals surface area contributed by atoms with E-state index in [0.29, 0.717) is 17.2 Å². The summed E-state index contributed by atoms with van der Waals surface area (Å²) in [5.74, 6) is 0.0884. The van der Waals surface area contributed by atoms with Crippen molar-refractivity contribution in [3.05, 3.63) is 29.3 Å². The maximum atomic E-state index is 12.0. The van der Waals surface area contributed by atoms with Gasteiger partial charge in [0, 0.05) is 18.5 Å². The Kier molecular flexibility index (Phi) is 7.58. The number of nitrogens with zero attached hydrogens (tertiary/aromatic N) is 4. The van der Waals surface area contributed by atoms with Crippen molar-refractivity contribution < 1.29 is 14.3 Å². The van der Waals surface area contributed by atoms with E-state index in [1.807, 2.05) is 6.92 Å². The van der Waals surface area contributed by atoms with Crippen LogP contribution in [0.2, 0.25) is 0 Å². The highest BCUT2D eigenvalue weighted by molar-refractivity contribution is 7.15. The van der Waals surface area contributed by atoms with Gasteiger partial charge in [-0.25, -0.2) is 9.97 Å². The Morgan fingerprint density at radius 3 is 2.77 bits per heavy atom. The molecule has 1 amide bonds. The highest BCUT2D eigenvalue weighted by atomic mass is 32.1. The van der Waals surface area contributed by atoms with E-state index in [1.54, 1.807) is 12.3 Å². The molecule has 2 rings (SSSR count). The number of methoxy groups -OCH3 is 1. The van der Waals surface area contributed by atoms with Crippen LogP contribution in [0.4, 0.5) is 5.13 Å². The largest absolute Gasteiger partial charge is 0.469 e. The van der Waals surface area contributed by atoms with E-state index in [0.717, 1.165) is 17.8 Å². The normalized spacial score (nSPS) is 13.0. The summed E-state index contributed by atoms with van der Waals surface area (Å²) >= 11 is 1.37. The van der Waals surface area contributed by atoms with Gasteiger partial charge in [0.2, 0.25) is 11.0 Å². The molecule has 0 spiro atoms. The Bertz CT molecular complexity index is 722. The molecule has 2 atom stereocenters. The summed E-state index contributed by atoms with van der Waals surface area (Å²) in [6.07, 6.45) is 5.38. The summed E-state index contributed by atoms with van der Waals surface area (Å²) in [5, 5.41) is 12.3. The molecule has 2 aromatic heterocycles. The van der Waals surface area contributed by atoms with Gasteiger partial charge in [0.15, 0.2) is 0 Å². The molecule has 0 radical (unpaired) electrons. The summed E-state index contributed by atoms with van der Waals surface area (Å²) in [7, 11) is 1.40. The highest BCUT2D eigenvalue weighted by Gasteiger charge is 2.16. The first-order valence-corrected chi connectivity index (χ1v) is 9.24.